The zero-order valence-corrected chi connectivity index (χ0v) is 15.1. The van der Waals surface area contributed by atoms with Crippen LogP contribution >= 0.6 is 0 Å². The van der Waals surface area contributed by atoms with Crippen LogP contribution < -0.4 is 0 Å². The fourth-order valence-corrected chi connectivity index (χ4v) is 7.64. The van der Waals surface area contributed by atoms with Crippen molar-refractivity contribution >= 4 is 0 Å². The van der Waals surface area contributed by atoms with E-state index in [1.807, 2.05) is 0 Å². The zero-order chi connectivity index (χ0) is 15.1. The van der Waals surface area contributed by atoms with Crippen molar-refractivity contribution in [2.75, 3.05) is 0 Å². The average Bonchev–Trinajstić information content (AvgIpc) is 2.57. The molecular formula is C22H38. The Bertz CT molecular complexity index is 340. The topological polar surface area (TPSA) is 0 Å². The molecule has 0 aromatic carbocycles. The predicted molar refractivity (Wildman–Crippen MR) is 94.7 cm³/mol. The van der Waals surface area contributed by atoms with Gasteiger partial charge in [0.2, 0.25) is 0 Å². The van der Waals surface area contributed by atoms with Gasteiger partial charge in [-0.3, -0.25) is 0 Å². The fraction of sp³-hybridized carbons (Fsp3) is 1.00. The van der Waals surface area contributed by atoms with Gasteiger partial charge in [-0.15, -0.1) is 0 Å². The fourth-order valence-electron chi connectivity index (χ4n) is 7.64. The van der Waals surface area contributed by atoms with Crippen molar-refractivity contribution in [3.05, 3.63) is 0 Å². The minimum absolute atomic E-state index is 1.02. The molecule has 0 saturated heterocycles. The van der Waals surface area contributed by atoms with E-state index in [2.05, 4.69) is 13.8 Å². The summed E-state index contributed by atoms with van der Waals surface area (Å²) in [6.07, 6.45) is 18.7. The molecule has 0 aromatic rings. The van der Waals surface area contributed by atoms with Crippen LogP contribution in [-0.2, 0) is 0 Å². The molecule has 0 bridgehead atoms. The predicted octanol–water partition coefficient (Wildman–Crippen LogP) is 6.69. The third-order valence-electron chi connectivity index (χ3n) is 8.69. The maximum Gasteiger partial charge on any atom is -0.0324 e. The van der Waals surface area contributed by atoms with Crippen LogP contribution in [0, 0.1) is 47.3 Å². The molecule has 4 aliphatic carbocycles. The van der Waals surface area contributed by atoms with E-state index in [0.29, 0.717) is 0 Å². The zero-order valence-electron chi connectivity index (χ0n) is 15.1. The average molecular weight is 303 g/mol. The molecule has 0 aromatic heterocycles. The standard InChI is InChI=1S/C22H38/c1-15-11-13-17(14-12-15)22-20-9-5-3-7-18(20)16(2)19-8-4-6-10-21(19)22/h15-22H,3-14H2,1-2H3. The molecule has 0 aliphatic heterocycles. The summed E-state index contributed by atoms with van der Waals surface area (Å²) in [5.41, 5.74) is 0. The first kappa shape index (κ1) is 15.5. The molecular weight excluding hydrogens is 264 g/mol. The molecule has 4 rings (SSSR count). The van der Waals surface area contributed by atoms with Crippen LogP contribution in [0.4, 0.5) is 0 Å². The summed E-state index contributed by atoms with van der Waals surface area (Å²) < 4.78 is 0. The summed E-state index contributed by atoms with van der Waals surface area (Å²) in [5.74, 6) is 8.79. The Kier molecular flexibility index (Phi) is 4.57. The van der Waals surface area contributed by atoms with E-state index in [1.165, 1.54) is 25.7 Å². The molecule has 0 N–H and O–H groups in total. The van der Waals surface area contributed by atoms with Crippen LogP contribution in [0.3, 0.4) is 0 Å². The molecule has 4 unspecified atom stereocenters. The van der Waals surface area contributed by atoms with Gasteiger partial charge in [0.05, 0.1) is 0 Å². The van der Waals surface area contributed by atoms with Crippen molar-refractivity contribution in [1.29, 1.82) is 0 Å². The Morgan fingerprint density at radius 3 is 1.45 bits per heavy atom. The second-order valence-electron chi connectivity index (χ2n) is 9.68. The monoisotopic (exact) mass is 302 g/mol. The number of hydrogen-bond acceptors (Lipinski definition) is 0. The third kappa shape index (κ3) is 2.67. The number of rotatable bonds is 1. The van der Waals surface area contributed by atoms with Gasteiger partial charge in [0, 0.05) is 0 Å². The summed E-state index contributed by atoms with van der Waals surface area (Å²) in [5, 5.41) is 0. The molecule has 22 heavy (non-hydrogen) atoms. The first-order valence-electron chi connectivity index (χ1n) is 10.8. The van der Waals surface area contributed by atoms with Gasteiger partial charge >= 0.3 is 0 Å². The summed E-state index contributed by atoms with van der Waals surface area (Å²) in [6.45, 7) is 5.15. The van der Waals surface area contributed by atoms with Crippen molar-refractivity contribution in [2.45, 2.75) is 90.9 Å². The maximum atomic E-state index is 2.66. The van der Waals surface area contributed by atoms with Gasteiger partial charge < -0.3 is 0 Å². The minimum atomic E-state index is 1.02. The molecule has 4 fully saturated rings. The highest BCUT2D eigenvalue weighted by Gasteiger charge is 2.51. The molecule has 126 valence electrons. The van der Waals surface area contributed by atoms with Gasteiger partial charge in [-0.25, -0.2) is 0 Å². The molecule has 4 saturated carbocycles. The second kappa shape index (κ2) is 6.48. The lowest BCUT2D eigenvalue weighted by Crippen LogP contribution is -2.50. The van der Waals surface area contributed by atoms with Crippen molar-refractivity contribution in [3.8, 4) is 0 Å². The van der Waals surface area contributed by atoms with E-state index in [9.17, 15) is 0 Å². The molecule has 4 aliphatic rings. The molecule has 0 spiro atoms. The molecule has 4 atom stereocenters. The Balaban J connectivity index is 1.60. The first-order chi connectivity index (χ1) is 10.8. The van der Waals surface area contributed by atoms with Crippen LogP contribution in [-0.4, -0.2) is 0 Å². The lowest BCUT2D eigenvalue weighted by atomic mass is 9.48. The summed E-state index contributed by atoms with van der Waals surface area (Å²) >= 11 is 0. The third-order valence-corrected chi connectivity index (χ3v) is 8.69. The summed E-state index contributed by atoms with van der Waals surface area (Å²) in [6, 6.07) is 0. The van der Waals surface area contributed by atoms with Crippen molar-refractivity contribution in [1.82, 2.24) is 0 Å². The van der Waals surface area contributed by atoms with Crippen molar-refractivity contribution < 1.29 is 0 Å². The lowest BCUT2D eigenvalue weighted by molar-refractivity contribution is -0.0849. The molecule has 0 nitrogen and oxygen atoms in total. The van der Waals surface area contributed by atoms with Gasteiger partial charge in [-0.2, -0.15) is 0 Å². The number of fused-ring (bicyclic) bond motifs is 2. The van der Waals surface area contributed by atoms with Crippen LogP contribution in [0.2, 0.25) is 0 Å². The van der Waals surface area contributed by atoms with Gasteiger partial charge in [0.1, 0.15) is 0 Å². The van der Waals surface area contributed by atoms with Gasteiger partial charge in [0.15, 0.2) is 0 Å². The Morgan fingerprint density at radius 1 is 0.500 bits per heavy atom. The summed E-state index contributed by atoms with van der Waals surface area (Å²) in [7, 11) is 0. The van der Waals surface area contributed by atoms with E-state index in [0.717, 1.165) is 47.3 Å². The van der Waals surface area contributed by atoms with Gasteiger partial charge in [-0.05, 0) is 85.9 Å². The van der Waals surface area contributed by atoms with E-state index < -0.39 is 0 Å². The molecule has 0 heterocycles. The highest BCUT2D eigenvalue weighted by atomic mass is 14.6. The lowest BCUT2D eigenvalue weighted by Gasteiger charge is -2.57. The van der Waals surface area contributed by atoms with E-state index in [-0.39, 0.29) is 0 Å². The van der Waals surface area contributed by atoms with Gasteiger partial charge in [-0.1, -0.05) is 52.4 Å². The van der Waals surface area contributed by atoms with E-state index in [1.54, 1.807) is 51.4 Å². The molecule has 0 radical (unpaired) electrons. The van der Waals surface area contributed by atoms with E-state index >= 15 is 0 Å². The second-order valence-corrected chi connectivity index (χ2v) is 9.68. The van der Waals surface area contributed by atoms with Crippen LogP contribution in [0.5, 0.6) is 0 Å². The Morgan fingerprint density at radius 2 is 0.955 bits per heavy atom. The minimum Gasteiger partial charge on any atom is -0.0625 e. The maximum absolute atomic E-state index is 2.66. The van der Waals surface area contributed by atoms with Gasteiger partial charge in [0.25, 0.3) is 0 Å². The van der Waals surface area contributed by atoms with E-state index in [4.69, 9.17) is 0 Å². The largest absolute Gasteiger partial charge is 0.0625 e. The highest BCUT2D eigenvalue weighted by Crippen LogP contribution is 2.59. The van der Waals surface area contributed by atoms with Crippen LogP contribution in [0.15, 0.2) is 0 Å². The smallest absolute Gasteiger partial charge is 0.0324 e. The van der Waals surface area contributed by atoms with Crippen molar-refractivity contribution in [2.24, 2.45) is 47.3 Å². The van der Waals surface area contributed by atoms with Crippen molar-refractivity contribution in [3.63, 3.8) is 0 Å². The highest BCUT2D eigenvalue weighted by molar-refractivity contribution is 5.00. The normalized spacial score (nSPS) is 52.6. The Hall–Kier alpha value is 0. The SMILES string of the molecule is CC1CCC(C2C3CCCCC3C(C)C3CCCCC32)CC1. The molecule has 0 amide bonds. The van der Waals surface area contributed by atoms with Crippen LogP contribution in [0.1, 0.15) is 90.9 Å². The number of hydrogen-bond donors (Lipinski definition) is 0. The van der Waals surface area contributed by atoms with Crippen LogP contribution in [0.25, 0.3) is 0 Å². The summed E-state index contributed by atoms with van der Waals surface area (Å²) in [4.78, 5) is 0. The molecule has 0 heteroatoms. The quantitative estimate of drug-likeness (QED) is 0.506. The first-order valence-corrected chi connectivity index (χ1v) is 10.8. The Labute approximate surface area is 138 Å².